The topological polar surface area (TPSA) is 0 Å². The van der Waals surface area contributed by atoms with Crippen LogP contribution in [0.15, 0.2) is 164 Å². The summed E-state index contributed by atoms with van der Waals surface area (Å²) in [6.07, 6.45) is 0. The molecule has 0 bridgehead atoms. The third-order valence-corrected chi connectivity index (χ3v) is 10.5. The second kappa shape index (κ2) is 11.6. The van der Waals surface area contributed by atoms with Gasteiger partial charge in [-0.3, -0.25) is 0 Å². The van der Waals surface area contributed by atoms with Gasteiger partial charge in [-0.1, -0.05) is 152 Å². The fraction of sp³-hybridized carbons (Fsp3) is 0.0612. The van der Waals surface area contributed by atoms with E-state index in [-0.39, 0.29) is 0 Å². The molecule has 0 unspecified atom stereocenters. The van der Waals surface area contributed by atoms with Crippen molar-refractivity contribution >= 4 is 43.1 Å². The van der Waals surface area contributed by atoms with E-state index in [0.717, 1.165) is 0 Å². The van der Waals surface area contributed by atoms with E-state index in [1.165, 1.54) is 104 Å². The van der Waals surface area contributed by atoms with E-state index in [9.17, 15) is 0 Å². The van der Waals surface area contributed by atoms with Gasteiger partial charge < -0.3 is 0 Å². The summed E-state index contributed by atoms with van der Waals surface area (Å²) in [5.41, 5.74) is 14.1. The number of benzene rings is 9. The van der Waals surface area contributed by atoms with Gasteiger partial charge in [0.25, 0.3) is 0 Å². The number of aryl methyl sites for hydroxylation is 3. The Morgan fingerprint density at radius 3 is 1.61 bits per heavy atom. The predicted octanol–water partition coefficient (Wildman–Crippen LogP) is 13.9. The number of fused-ring (bicyclic) bond motifs is 4. The van der Waals surface area contributed by atoms with Gasteiger partial charge in [0.05, 0.1) is 0 Å². The van der Waals surface area contributed by atoms with Crippen LogP contribution in [0.1, 0.15) is 16.7 Å². The molecule has 0 heteroatoms. The Balaban J connectivity index is 1.25. The van der Waals surface area contributed by atoms with Crippen LogP contribution in [0.5, 0.6) is 0 Å². The van der Waals surface area contributed by atoms with Crippen molar-refractivity contribution in [3.63, 3.8) is 0 Å². The van der Waals surface area contributed by atoms with Gasteiger partial charge in [0.15, 0.2) is 0 Å². The molecule has 49 heavy (non-hydrogen) atoms. The van der Waals surface area contributed by atoms with Crippen molar-refractivity contribution in [2.75, 3.05) is 0 Å². The van der Waals surface area contributed by atoms with Crippen molar-refractivity contribution in [3.8, 4) is 44.5 Å². The average molecular weight is 625 g/mol. The fourth-order valence-electron chi connectivity index (χ4n) is 8.13. The van der Waals surface area contributed by atoms with Crippen molar-refractivity contribution in [3.05, 3.63) is 180 Å². The molecule has 0 saturated carbocycles. The van der Waals surface area contributed by atoms with Gasteiger partial charge in [-0.25, -0.2) is 0 Å². The molecule has 9 aromatic rings. The first-order valence-electron chi connectivity index (χ1n) is 17.2. The molecule has 9 rings (SSSR count). The van der Waals surface area contributed by atoms with Crippen molar-refractivity contribution in [1.82, 2.24) is 0 Å². The SMILES string of the molecule is Cc1ccc(-c2cccc(-c3c4ccccc4c(-c4cccc5cccc(C)c45)c4ccccc34)c2)cc1-c1ccc2ccccc2c1C. The predicted molar refractivity (Wildman–Crippen MR) is 212 cm³/mol. The number of rotatable bonds is 4. The lowest BCUT2D eigenvalue weighted by molar-refractivity contribution is 1.43. The van der Waals surface area contributed by atoms with Gasteiger partial charge in [-0.05, 0) is 137 Å². The lowest BCUT2D eigenvalue weighted by Gasteiger charge is -2.20. The Hall–Kier alpha value is -5.98. The lowest BCUT2D eigenvalue weighted by atomic mass is 9.83. The molecule has 0 N–H and O–H groups in total. The Morgan fingerprint density at radius 2 is 0.878 bits per heavy atom. The van der Waals surface area contributed by atoms with Crippen molar-refractivity contribution in [1.29, 1.82) is 0 Å². The van der Waals surface area contributed by atoms with E-state index < -0.39 is 0 Å². The highest BCUT2D eigenvalue weighted by Crippen LogP contribution is 2.46. The highest BCUT2D eigenvalue weighted by atomic mass is 14.2. The second-order valence-electron chi connectivity index (χ2n) is 13.4. The van der Waals surface area contributed by atoms with Gasteiger partial charge in [0.2, 0.25) is 0 Å². The molecule has 9 aromatic carbocycles. The summed E-state index contributed by atoms with van der Waals surface area (Å²) in [6, 6.07) is 60.6. The average Bonchev–Trinajstić information content (AvgIpc) is 3.14. The molecule has 0 aliphatic carbocycles. The molecule has 0 heterocycles. The summed E-state index contributed by atoms with van der Waals surface area (Å²) >= 11 is 0. The van der Waals surface area contributed by atoms with Crippen LogP contribution in [0.4, 0.5) is 0 Å². The minimum absolute atomic E-state index is 1.22. The molecule has 0 amide bonds. The van der Waals surface area contributed by atoms with Crippen LogP contribution in [-0.2, 0) is 0 Å². The molecule has 0 saturated heterocycles. The molecule has 0 nitrogen and oxygen atoms in total. The maximum absolute atomic E-state index is 2.39. The Morgan fingerprint density at radius 1 is 0.306 bits per heavy atom. The fourth-order valence-corrected chi connectivity index (χ4v) is 8.13. The zero-order valence-corrected chi connectivity index (χ0v) is 28.1. The van der Waals surface area contributed by atoms with E-state index in [1.807, 2.05) is 0 Å². The zero-order chi connectivity index (χ0) is 33.1. The molecular formula is C49H36. The minimum Gasteiger partial charge on any atom is -0.0616 e. The van der Waals surface area contributed by atoms with Crippen LogP contribution in [0, 0.1) is 20.8 Å². The first-order chi connectivity index (χ1) is 24.1. The first-order valence-corrected chi connectivity index (χ1v) is 17.2. The van der Waals surface area contributed by atoms with Crippen LogP contribution >= 0.6 is 0 Å². The zero-order valence-electron chi connectivity index (χ0n) is 28.1. The largest absolute Gasteiger partial charge is 0.0616 e. The maximum Gasteiger partial charge on any atom is -0.00200 e. The Labute approximate surface area is 287 Å². The van der Waals surface area contributed by atoms with E-state index in [1.54, 1.807) is 0 Å². The Kier molecular flexibility index (Phi) is 6.92. The van der Waals surface area contributed by atoms with E-state index in [2.05, 4.69) is 185 Å². The monoisotopic (exact) mass is 624 g/mol. The molecule has 0 atom stereocenters. The van der Waals surface area contributed by atoms with Crippen LogP contribution in [-0.4, -0.2) is 0 Å². The Bertz CT molecular complexity index is 2680. The summed E-state index contributed by atoms with van der Waals surface area (Å²) in [5.74, 6) is 0. The van der Waals surface area contributed by atoms with Gasteiger partial charge in [-0.2, -0.15) is 0 Å². The molecule has 0 aromatic heterocycles. The van der Waals surface area contributed by atoms with Gasteiger partial charge in [-0.15, -0.1) is 0 Å². The van der Waals surface area contributed by atoms with Gasteiger partial charge in [0.1, 0.15) is 0 Å². The van der Waals surface area contributed by atoms with E-state index >= 15 is 0 Å². The highest BCUT2D eigenvalue weighted by Gasteiger charge is 2.19. The van der Waals surface area contributed by atoms with Crippen LogP contribution in [0.3, 0.4) is 0 Å². The molecule has 0 aliphatic rings. The number of hydrogen-bond donors (Lipinski definition) is 0. The third kappa shape index (κ3) is 4.75. The van der Waals surface area contributed by atoms with Crippen molar-refractivity contribution < 1.29 is 0 Å². The summed E-state index contributed by atoms with van der Waals surface area (Å²) in [5, 5.41) is 10.3. The van der Waals surface area contributed by atoms with E-state index in [4.69, 9.17) is 0 Å². The molecule has 0 spiro atoms. The van der Waals surface area contributed by atoms with Crippen LogP contribution in [0.25, 0.3) is 87.6 Å². The second-order valence-corrected chi connectivity index (χ2v) is 13.4. The molecule has 0 aliphatic heterocycles. The number of hydrogen-bond acceptors (Lipinski definition) is 0. The summed E-state index contributed by atoms with van der Waals surface area (Å²) in [6.45, 7) is 6.71. The minimum atomic E-state index is 1.22. The maximum atomic E-state index is 2.39. The van der Waals surface area contributed by atoms with Crippen LogP contribution < -0.4 is 0 Å². The smallest absolute Gasteiger partial charge is 0.00200 e. The summed E-state index contributed by atoms with van der Waals surface area (Å²) in [7, 11) is 0. The van der Waals surface area contributed by atoms with Crippen molar-refractivity contribution in [2.45, 2.75) is 20.8 Å². The first kappa shape index (κ1) is 29.2. The van der Waals surface area contributed by atoms with E-state index in [0.29, 0.717) is 0 Å². The molecule has 232 valence electrons. The van der Waals surface area contributed by atoms with Crippen molar-refractivity contribution in [2.24, 2.45) is 0 Å². The van der Waals surface area contributed by atoms with Gasteiger partial charge in [0, 0.05) is 0 Å². The lowest BCUT2D eigenvalue weighted by Crippen LogP contribution is -1.93. The van der Waals surface area contributed by atoms with Gasteiger partial charge >= 0.3 is 0 Å². The summed E-state index contributed by atoms with van der Waals surface area (Å²) in [4.78, 5) is 0. The molecule has 0 radical (unpaired) electrons. The summed E-state index contributed by atoms with van der Waals surface area (Å²) < 4.78 is 0. The molecular weight excluding hydrogens is 589 g/mol. The quantitative estimate of drug-likeness (QED) is 0.171. The normalized spacial score (nSPS) is 11.6. The third-order valence-electron chi connectivity index (χ3n) is 10.5. The highest BCUT2D eigenvalue weighted by molar-refractivity contribution is 6.23. The standard InChI is InChI=1S/C49H36/c1-31-25-26-37(30-46(31)40-28-27-34-14-4-5-19-39(34)33(40)3)36-17-11-18-38(29-36)48-41-20-6-8-22-43(41)49(44-23-9-7-21-42(44)48)45-24-12-16-35-15-10-13-32(2)47(35)45/h4-30H,1-3H3. The molecule has 0 fully saturated rings. The van der Waals surface area contributed by atoms with Crippen LogP contribution in [0.2, 0.25) is 0 Å².